The summed E-state index contributed by atoms with van der Waals surface area (Å²) in [5, 5.41) is 7.60. The van der Waals surface area contributed by atoms with E-state index in [1.807, 2.05) is 35.2 Å². The van der Waals surface area contributed by atoms with Crippen LogP contribution in [-0.2, 0) is 11.3 Å². The summed E-state index contributed by atoms with van der Waals surface area (Å²) in [6, 6.07) is 12.4. The molecule has 6 nitrogen and oxygen atoms in total. The Kier molecular flexibility index (Phi) is 5.40. The number of hydrogen-bond donors (Lipinski definition) is 0. The van der Waals surface area contributed by atoms with Crippen molar-refractivity contribution in [2.24, 2.45) is 0 Å². The number of carbonyl (C=O) groups excluding carboxylic acids is 1. The van der Waals surface area contributed by atoms with E-state index in [0.29, 0.717) is 17.6 Å². The fourth-order valence-corrected chi connectivity index (χ4v) is 3.72. The van der Waals surface area contributed by atoms with Crippen molar-refractivity contribution in [3.8, 4) is 0 Å². The molecule has 0 bridgehead atoms. The molecule has 2 aromatic carbocycles. The van der Waals surface area contributed by atoms with Gasteiger partial charge < -0.3 is 4.90 Å². The molecule has 2 heterocycles. The number of fused-ring (bicyclic) bond motifs is 1. The first kappa shape index (κ1) is 19.3. The van der Waals surface area contributed by atoms with Gasteiger partial charge in [0.1, 0.15) is 16.9 Å². The average Bonchev–Trinajstić information content (AvgIpc) is 3.18. The van der Waals surface area contributed by atoms with Crippen molar-refractivity contribution in [3.05, 3.63) is 65.5 Å². The van der Waals surface area contributed by atoms with Crippen molar-refractivity contribution >= 4 is 23.0 Å². The second kappa shape index (κ2) is 8.13. The van der Waals surface area contributed by atoms with Gasteiger partial charge in [0.25, 0.3) is 0 Å². The molecular weight excluding hydrogens is 371 g/mol. The fourth-order valence-electron chi connectivity index (χ4n) is 3.72. The highest BCUT2D eigenvalue weighted by Gasteiger charge is 2.30. The van der Waals surface area contributed by atoms with Crippen LogP contribution in [0.15, 0.2) is 53.2 Å². The van der Waals surface area contributed by atoms with Gasteiger partial charge in [0, 0.05) is 37.8 Å². The van der Waals surface area contributed by atoms with Crippen LogP contribution >= 0.6 is 0 Å². The highest BCUT2D eigenvalue weighted by atomic mass is 19.1. The molecule has 1 saturated heterocycles. The topological polar surface area (TPSA) is 62.5 Å². The maximum Gasteiger partial charge on any atom is 0.246 e. The summed E-state index contributed by atoms with van der Waals surface area (Å²) >= 11 is 0. The third kappa shape index (κ3) is 4.35. The Balaban J connectivity index is 1.39. The number of halogens is 1. The molecule has 2 atom stereocenters. The maximum absolute atomic E-state index is 13.1. The van der Waals surface area contributed by atoms with Crippen LogP contribution in [0.5, 0.6) is 0 Å². The molecular formula is C22H23FN4O2. The monoisotopic (exact) mass is 394 g/mol. The molecule has 0 radical (unpaired) electrons. The van der Waals surface area contributed by atoms with Crippen LogP contribution < -0.4 is 0 Å². The van der Waals surface area contributed by atoms with E-state index in [1.54, 1.807) is 12.2 Å². The lowest BCUT2D eigenvalue weighted by atomic mass is 10.1. The molecule has 29 heavy (non-hydrogen) atoms. The Morgan fingerprint density at radius 3 is 2.66 bits per heavy atom. The van der Waals surface area contributed by atoms with Crippen molar-refractivity contribution in [3.63, 3.8) is 0 Å². The SMILES string of the molecule is CC1CN(C(=O)C=Cc2ccc3nonc3c2)C(C)CN1Cc1ccc(F)cc1. The summed E-state index contributed by atoms with van der Waals surface area (Å²) in [5.41, 5.74) is 3.30. The normalized spacial score (nSPS) is 20.6. The smallest absolute Gasteiger partial charge is 0.246 e. The van der Waals surface area contributed by atoms with Crippen LogP contribution in [0.1, 0.15) is 25.0 Å². The van der Waals surface area contributed by atoms with Crippen molar-refractivity contribution in [1.82, 2.24) is 20.1 Å². The van der Waals surface area contributed by atoms with E-state index in [-0.39, 0.29) is 23.8 Å². The minimum absolute atomic E-state index is 0.0100. The highest BCUT2D eigenvalue weighted by molar-refractivity contribution is 5.92. The quantitative estimate of drug-likeness (QED) is 0.634. The predicted molar refractivity (Wildman–Crippen MR) is 108 cm³/mol. The van der Waals surface area contributed by atoms with Crippen molar-refractivity contribution in [2.75, 3.05) is 13.1 Å². The molecule has 4 rings (SSSR count). The van der Waals surface area contributed by atoms with Gasteiger partial charge in [-0.3, -0.25) is 9.69 Å². The Morgan fingerprint density at radius 2 is 1.86 bits per heavy atom. The molecule has 1 amide bonds. The Labute approximate surface area is 168 Å². The first-order valence-corrected chi connectivity index (χ1v) is 9.69. The number of carbonyl (C=O) groups is 1. The largest absolute Gasteiger partial charge is 0.334 e. The van der Waals surface area contributed by atoms with Gasteiger partial charge in [-0.2, -0.15) is 0 Å². The van der Waals surface area contributed by atoms with E-state index in [1.165, 1.54) is 12.1 Å². The van der Waals surface area contributed by atoms with E-state index in [0.717, 1.165) is 24.2 Å². The molecule has 0 N–H and O–H groups in total. The number of aromatic nitrogens is 2. The molecule has 0 saturated carbocycles. The molecule has 7 heteroatoms. The molecule has 1 aliphatic rings. The van der Waals surface area contributed by atoms with Crippen LogP contribution in [-0.4, -0.2) is 51.2 Å². The van der Waals surface area contributed by atoms with Crippen molar-refractivity contribution in [2.45, 2.75) is 32.5 Å². The van der Waals surface area contributed by atoms with Crippen LogP contribution in [0, 0.1) is 5.82 Å². The zero-order chi connectivity index (χ0) is 20.4. The van der Waals surface area contributed by atoms with Crippen LogP contribution in [0.25, 0.3) is 17.1 Å². The number of piperazine rings is 1. The first-order chi connectivity index (χ1) is 14.0. The number of amides is 1. The Hall–Kier alpha value is -3.06. The third-order valence-electron chi connectivity index (χ3n) is 5.39. The molecule has 1 fully saturated rings. The number of benzene rings is 2. The number of hydrogen-bond acceptors (Lipinski definition) is 5. The van der Waals surface area contributed by atoms with Gasteiger partial charge >= 0.3 is 0 Å². The molecule has 1 aromatic heterocycles. The summed E-state index contributed by atoms with van der Waals surface area (Å²) in [4.78, 5) is 17.0. The second-order valence-electron chi connectivity index (χ2n) is 7.59. The van der Waals surface area contributed by atoms with Crippen LogP contribution in [0.2, 0.25) is 0 Å². The minimum atomic E-state index is -0.226. The third-order valence-corrected chi connectivity index (χ3v) is 5.39. The lowest BCUT2D eigenvalue weighted by Gasteiger charge is -2.44. The molecule has 150 valence electrons. The van der Waals surface area contributed by atoms with Gasteiger partial charge in [0.05, 0.1) is 0 Å². The van der Waals surface area contributed by atoms with Gasteiger partial charge in [-0.05, 0) is 65.6 Å². The van der Waals surface area contributed by atoms with E-state index in [9.17, 15) is 9.18 Å². The summed E-state index contributed by atoms with van der Waals surface area (Å²) in [5.74, 6) is -0.236. The van der Waals surface area contributed by atoms with Crippen molar-refractivity contribution in [1.29, 1.82) is 0 Å². The van der Waals surface area contributed by atoms with E-state index in [4.69, 9.17) is 4.63 Å². The molecule has 1 aliphatic heterocycles. The van der Waals surface area contributed by atoms with Crippen LogP contribution in [0.3, 0.4) is 0 Å². The zero-order valence-electron chi connectivity index (χ0n) is 16.5. The number of rotatable bonds is 4. The molecule has 2 unspecified atom stereocenters. The standard InChI is InChI=1S/C22H23FN4O2/c1-15-13-27(16(2)12-26(15)14-18-3-7-19(23)8-4-18)22(28)10-6-17-5-9-20-21(11-17)25-29-24-20/h3-11,15-16H,12-14H2,1-2H3. The Morgan fingerprint density at radius 1 is 1.10 bits per heavy atom. The van der Waals surface area contributed by atoms with Crippen LogP contribution in [0.4, 0.5) is 4.39 Å². The molecule has 0 aliphatic carbocycles. The fraction of sp³-hybridized carbons (Fsp3) is 0.318. The first-order valence-electron chi connectivity index (χ1n) is 9.69. The van der Waals surface area contributed by atoms with E-state index in [2.05, 4.69) is 29.1 Å². The van der Waals surface area contributed by atoms with E-state index >= 15 is 0 Å². The van der Waals surface area contributed by atoms with E-state index < -0.39 is 0 Å². The Bertz CT molecular complexity index is 1030. The zero-order valence-corrected chi connectivity index (χ0v) is 16.5. The van der Waals surface area contributed by atoms with Gasteiger partial charge in [-0.25, -0.2) is 9.02 Å². The van der Waals surface area contributed by atoms with Gasteiger partial charge in [0.2, 0.25) is 5.91 Å². The van der Waals surface area contributed by atoms with Gasteiger partial charge in [0.15, 0.2) is 0 Å². The van der Waals surface area contributed by atoms with Gasteiger partial charge in [-0.1, -0.05) is 18.2 Å². The molecule has 3 aromatic rings. The lowest BCUT2D eigenvalue weighted by Crippen LogP contribution is -2.57. The maximum atomic E-state index is 13.1. The second-order valence-corrected chi connectivity index (χ2v) is 7.59. The summed E-state index contributed by atoms with van der Waals surface area (Å²) < 4.78 is 17.8. The highest BCUT2D eigenvalue weighted by Crippen LogP contribution is 2.19. The lowest BCUT2D eigenvalue weighted by molar-refractivity contribution is -0.131. The average molecular weight is 394 g/mol. The molecule has 0 spiro atoms. The van der Waals surface area contributed by atoms with Gasteiger partial charge in [-0.15, -0.1) is 0 Å². The predicted octanol–water partition coefficient (Wildman–Crippen LogP) is 3.50. The van der Waals surface area contributed by atoms with Crippen molar-refractivity contribution < 1.29 is 13.8 Å². The number of nitrogens with zero attached hydrogens (tertiary/aromatic N) is 4. The summed E-state index contributed by atoms with van der Waals surface area (Å²) in [6.07, 6.45) is 3.40. The summed E-state index contributed by atoms with van der Waals surface area (Å²) in [6.45, 7) is 6.34. The minimum Gasteiger partial charge on any atom is -0.334 e. The summed E-state index contributed by atoms with van der Waals surface area (Å²) in [7, 11) is 0.